The van der Waals surface area contributed by atoms with Crippen molar-refractivity contribution in [2.45, 2.75) is 37.7 Å². The Morgan fingerprint density at radius 3 is 2.14 bits per heavy atom. The first kappa shape index (κ1) is 26.1. The molecule has 1 amide bonds. The highest BCUT2D eigenvalue weighted by molar-refractivity contribution is 7.92. The second kappa shape index (κ2) is 12.3. The Morgan fingerprint density at radius 2 is 1.54 bits per heavy atom. The molecule has 3 aromatic rings. The van der Waals surface area contributed by atoms with Crippen LogP contribution in [0.25, 0.3) is 0 Å². The predicted octanol–water partition coefficient (Wildman–Crippen LogP) is 4.43. The van der Waals surface area contributed by atoms with Crippen molar-refractivity contribution in [3.8, 4) is 11.5 Å². The minimum Gasteiger partial charge on any atom is -0.497 e. The highest BCUT2D eigenvalue weighted by Gasteiger charge is 2.27. The molecule has 0 spiro atoms. The third kappa shape index (κ3) is 7.48. The second-order valence-electron chi connectivity index (χ2n) is 8.29. The van der Waals surface area contributed by atoms with Gasteiger partial charge in [-0.1, -0.05) is 30.3 Å². The van der Waals surface area contributed by atoms with E-state index in [1.807, 2.05) is 38.1 Å². The van der Waals surface area contributed by atoms with Crippen LogP contribution in [0.2, 0.25) is 0 Å². The summed E-state index contributed by atoms with van der Waals surface area (Å²) in [6.07, 6.45) is 1.64. The molecule has 0 unspecified atom stereocenters. The number of carbonyl (C=O) groups is 1. The molecule has 0 saturated heterocycles. The van der Waals surface area contributed by atoms with Crippen molar-refractivity contribution in [3.63, 3.8) is 0 Å². The van der Waals surface area contributed by atoms with E-state index >= 15 is 0 Å². The Balaban J connectivity index is 1.62. The van der Waals surface area contributed by atoms with Gasteiger partial charge in [0.25, 0.3) is 10.0 Å². The maximum absolute atomic E-state index is 13.3. The van der Waals surface area contributed by atoms with Gasteiger partial charge in [-0.2, -0.15) is 0 Å². The van der Waals surface area contributed by atoms with Crippen molar-refractivity contribution in [1.82, 2.24) is 5.32 Å². The van der Waals surface area contributed by atoms with Crippen molar-refractivity contribution in [2.75, 3.05) is 24.5 Å². The van der Waals surface area contributed by atoms with E-state index in [9.17, 15) is 13.2 Å². The van der Waals surface area contributed by atoms with Gasteiger partial charge in [0, 0.05) is 6.54 Å². The summed E-state index contributed by atoms with van der Waals surface area (Å²) in [6, 6.07) is 22.6. The van der Waals surface area contributed by atoms with E-state index in [2.05, 4.69) is 5.32 Å². The first-order valence-electron chi connectivity index (χ1n) is 11.5. The van der Waals surface area contributed by atoms with Crippen LogP contribution in [-0.4, -0.2) is 40.6 Å². The van der Waals surface area contributed by atoms with Gasteiger partial charge in [0.15, 0.2) is 0 Å². The summed E-state index contributed by atoms with van der Waals surface area (Å²) in [5, 5.41) is 2.84. The number of aryl methyl sites for hydroxylation is 1. The van der Waals surface area contributed by atoms with Gasteiger partial charge in [0.2, 0.25) is 5.91 Å². The van der Waals surface area contributed by atoms with Gasteiger partial charge < -0.3 is 14.8 Å². The lowest BCUT2D eigenvalue weighted by Crippen LogP contribution is -2.41. The smallest absolute Gasteiger partial charge is 0.264 e. The molecule has 0 aliphatic rings. The fourth-order valence-corrected chi connectivity index (χ4v) is 4.94. The van der Waals surface area contributed by atoms with Crippen molar-refractivity contribution < 1.29 is 22.7 Å². The number of hydrogen-bond acceptors (Lipinski definition) is 5. The van der Waals surface area contributed by atoms with Crippen LogP contribution in [0.3, 0.4) is 0 Å². The summed E-state index contributed by atoms with van der Waals surface area (Å²) in [4.78, 5) is 12.8. The number of nitrogens with zero attached hydrogens (tertiary/aromatic N) is 1. The lowest BCUT2D eigenvalue weighted by molar-refractivity contribution is -0.119. The third-order valence-electron chi connectivity index (χ3n) is 5.24. The highest BCUT2D eigenvalue weighted by Crippen LogP contribution is 2.25. The van der Waals surface area contributed by atoms with Crippen molar-refractivity contribution in [3.05, 3.63) is 84.4 Å². The fourth-order valence-electron chi connectivity index (χ4n) is 3.50. The van der Waals surface area contributed by atoms with E-state index in [0.717, 1.165) is 28.5 Å². The molecule has 35 heavy (non-hydrogen) atoms. The van der Waals surface area contributed by atoms with E-state index in [0.29, 0.717) is 18.0 Å². The number of carbonyl (C=O) groups excluding carboxylic acids is 1. The minimum absolute atomic E-state index is 0.119. The second-order valence-corrected chi connectivity index (χ2v) is 10.1. The number of amides is 1. The molecular formula is C27H32N2O5S. The molecule has 8 heteroatoms. The normalized spacial score (nSPS) is 11.2. The van der Waals surface area contributed by atoms with Crippen LogP contribution in [0.4, 0.5) is 5.69 Å². The maximum atomic E-state index is 13.3. The molecule has 1 N–H and O–H groups in total. The number of rotatable bonds is 12. The summed E-state index contributed by atoms with van der Waals surface area (Å²) >= 11 is 0. The number of methoxy groups -OCH3 is 1. The number of sulfonamides is 1. The zero-order valence-electron chi connectivity index (χ0n) is 20.3. The molecule has 0 fully saturated rings. The number of benzene rings is 3. The lowest BCUT2D eigenvalue weighted by atomic mass is 10.1. The molecule has 0 aliphatic carbocycles. The molecule has 186 valence electrons. The summed E-state index contributed by atoms with van der Waals surface area (Å²) in [5.41, 5.74) is 1.52. The summed E-state index contributed by atoms with van der Waals surface area (Å²) in [5.74, 6) is 1.05. The number of anilines is 1. The Kier molecular flexibility index (Phi) is 9.14. The molecule has 0 aliphatic heterocycles. The monoisotopic (exact) mass is 496 g/mol. The van der Waals surface area contributed by atoms with Gasteiger partial charge in [0.05, 0.1) is 23.8 Å². The number of ether oxygens (including phenoxy) is 2. The minimum atomic E-state index is -3.94. The molecule has 0 aromatic heterocycles. The van der Waals surface area contributed by atoms with Crippen LogP contribution in [0.15, 0.2) is 83.8 Å². The Labute approximate surface area is 207 Å². The van der Waals surface area contributed by atoms with Crippen LogP contribution in [0.5, 0.6) is 11.5 Å². The van der Waals surface area contributed by atoms with E-state index < -0.39 is 10.0 Å². The fraction of sp³-hybridized carbons (Fsp3) is 0.296. The third-order valence-corrected chi connectivity index (χ3v) is 7.03. The molecule has 0 bridgehead atoms. The summed E-state index contributed by atoms with van der Waals surface area (Å²) in [6.45, 7) is 4.07. The Morgan fingerprint density at radius 1 is 0.914 bits per heavy atom. The Hall–Kier alpha value is -3.52. The van der Waals surface area contributed by atoms with E-state index in [4.69, 9.17) is 9.47 Å². The maximum Gasteiger partial charge on any atom is 0.264 e. The first-order valence-corrected chi connectivity index (χ1v) is 13.0. The van der Waals surface area contributed by atoms with Crippen LogP contribution in [0, 0.1) is 0 Å². The van der Waals surface area contributed by atoms with E-state index in [1.165, 1.54) is 19.2 Å². The van der Waals surface area contributed by atoms with Crippen LogP contribution < -0.4 is 19.1 Å². The Bertz CT molecular complexity index is 1180. The highest BCUT2D eigenvalue weighted by atomic mass is 32.2. The van der Waals surface area contributed by atoms with Gasteiger partial charge in [-0.05, 0) is 80.8 Å². The van der Waals surface area contributed by atoms with Gasteiger partial charge >= 0.3 is 0 Å². The SMILES string of the molecule is COc1ccc(N(CC(=O)NCCCc2ccc(OC(C)C)cc2)S(=O)(=O)c2ccccc2)cc1. The molecule has 0 saturated carbocycles. The topological polar surface area (TPSA) is 84.9 Å². The molecule has 0 atom stereocenters. The molecule has 3 rings (SSSR count). The number of nitrogens with one attached hydrogen (secondary N) is 1. The average molecular weight is 497 g/mol. The average Bonchev–Trinajstić information content (AvgIpc) is 2.86. The van der Waals surface area contributed by atoms with Crippen molar-refractivity contribution in [1.29, 1.82) is 0 Å². The lowest BCUT2D eigenvalue weighted by Gasteiger charge is -2.24. The quantitative estimate of drug-likeness (QED) is 0.375. The predicted molar refractivity (Wildman–Crippen MR) is 138 cm³/mol. The van der Waals surface area contributed by atoms with E-state index in [-0.39, 0.29) is 23.5 Å². The van der Waals surface area contributed by atoms with Crippen LogP contribution in [0.1, 0.15) is 25.8 Å². The first-order chi connectivity index (χ1) is 16.8. The van der Waals surface area contributed by atoms with Gasteiger partial charge in [-0.25, -0.2) is 8.42 Å². The van der Waals surface area contributed by atoms with Gasteiger partial charge in [-0.3, -0.25) is 9.10 Å². The molecular weight excluding hydrogens is 464 g/mol. The summed E-state index contributed by atoms with van der Waals surface area (Å²) < 4.78 is 38.6. The van der Waals surface area contributed by atoms with Gasteiger partial charge in [0.1, 0.15) is 18.0 Å². The van der Waals surface area contributed by atoms with E-state index in [1.54, 1.807) is 42.5 Å². The summed E-state index contributed by atoms with van der Waals surface area (Å²) in [7, 11) is -2.40. The van der Waals surface area contributed by atoms with Crippen LogP contribution in [-0.2, 0) is 21.2 Å². The zero-order chi connectivity index (χ0) is 25.3. The van der Waals surface area contributed by atoms with Crippen molar-refractivity contribution in [2.24, 2.45) is 0 Å². The molecule has 7 nitrogen and oxygen atoms in total. The number of hydrogen-bond donors (Lipinski definition) is 1. The van der Waals surface area contributed by atoms with Crippen LogP contribution >= 0.6 is 0 Å². The largest absolute Gasteiger partial charge is 0.497 e. The molecule has 0 heterocycles. The standard InChI is InChI=1S/C27H32N2O5S/c1-21(2)34-25-15-11-22(12-16-25)8-7-19-28-27(30)20-29(23-13-17-24(33-3)18-14-23)35(31,32)26-9-5-4-6-10-26/h4-6,9-18,21H,7-8,19-20H2,1-3H3,(H,28,30). The zero-order valence-corrected chi connectivity index (χ0v) is 21.1. The molecule has 0 radical (unpaired) electrons. The van der Waals surface area contributed by atoms with Crippen molar-refractivity contribution >= 4 is 21.6 Å². The van der Waals surface area contributed by atoms with Gasteiger partial charge in [-0.15, -0.1) is 0 Å². The molecule has 3 aromatic carbocycles.